The smallest absolute Gasteiger partial charge is 0.270 e. The van der Waals surface area contributed by atoms with Gasteiger partial charge in [0.1, 0.15) is 6.04 Å². The van der Waals surface area contributed by atoms with Crippen molar-refractivity contribution in [2.24, 2.45) is 0 Å². The number of nitro groups is 1. The monoisotopic (exact) mass is 398 g/mol. The van der Waals surface area contributed by atoms with Crippen LogP contribution in [0.2, 0.25) is 0 Å². The minimum Gasteiger partial charge on any atom is -0.340 e. The summed E-state index contributed by atoms with van der Waals surface area (Å²) in [5.41, 5.74) is 0.746. The van der Waals surface area contributed by atoms with Gasteiger partial charge >= 0.3 is 0 Å². The summed E-state index contributed by atoms with van der Waals surface area (Å²) < 4.78 is 0. The first-order valence-electron chi connectivity index (χ1n) is 8.30. The lowest BCUT2D eigenvalue weighted by Crippen LogP contribution is -2.44. The van der Waals surface area contributed by atoms with E-state index < -0.39 is 22.8 Å². The third-order valence-corrected chi connectivity index (χ3v) is 4.45. The Labute approximate surface area is 166 Å². The summed E-state index contributed by atoms with van der Waals surface area (Å²) in [7, 11) is 0. The number of carbonyl (C=O) groups is 2. The normalized spacial score (nSPS) is 11.1. The Morgan fingerprint density at radius 1 is 1.25 bits per heavy atom. The maximum absolute atomic E-state index is 12.6. The van der Waals surface area contributed by atoms with Gasteiger partial charge in [-0.1, -0.05) is 12.1 Å². The second kappa shape index (κ2) is 10.1. The molecule has 0 radical (unpaired) electrons. The van der Waals surface area contributed by atoms with Crippen molar-refractivity contribution in [3.8, 4) is 6.07 Å². The predicted molar refractivity (Wildman–Crippen MR) is 107 cm³/mol. The van der Waals surface area contributed by atoms with Gasteiger partial charge in [0.05, 0.1) is 16.6 Å². The highest BCUT2D eigenvalue weighted by Crippen LogP contribution is 2.15. The molecule has 0 spiro atoms. The molecule has 0 unspecified atom stereocenters. The van der Waals surface area contributed by atoms with Gasteiger partial charge in [0.2, 0.25) is 5.91 Å². The van der Waals surface area contributed by atoms with Crippen LogP contribution in [0.3, 0.4) is 0 Å². The Morgan fingerprint density at radius 2 is 2.00 bits per heavy atom. The Kier molecular flexibility index (Phi) is 7.54. The number of nitrogens with zero attached hydrogens (tertiary/aromatic N) is 2. The maximum atomic E-state index is 12.6. The molecular weight excluding hydrogens is 380 g/mol. The number of hydrogen-bond acceptors (Lipinski definition) is 6. The lowest BCUT2D eigenvalue weighted by Gasteiger charge is -2.18. The van der Waals surface area contributed by atoms with E-state index in [1.54, 1.807) is 18.2 Å². The van der Waals surface area contributed by atoms with E-state index in [-0.39, 0.29) is 11.3 Å². The average Bonchev–Trinajstić information content (AvgIpc) is 2.71. The number of thioether (sulfide) groups is 1. The van der Waals surface area contributed by atoms with Crippen LogP contribution in [0.25, 0.3) is 0 Å². The summed E-state index contributed by atoms with van der Waals surface area (Å²) in [5, 5.41) is 25.2. The lowest BCUT2D eigenvalue weighted by molar-refractivity contribution is -0.384. The van der Waals surface area contributed by atoms with Crippen LogP contribution in [0.5, 0.6) is 0 Å². The van der Waals surface area contributed by atoms with E-state index >= 15 is 0 Å². The van der Waals surface area contributed by atoms with Crippen LogP contribution >= 0.6 is 11.8 Å². The Hall–Kier alpha value is -3.38. The molecule has 0 bridgehead atoms. The third kappa shape index (κ3) is 5.82. The van der Waals surface area contributed by atoms with Crippen LogP contribution in [-0.2, 0) is 4.79 Å². The Balaban J connectivity index is 2.14. The summed E-state index contributed by atoms with van der Waals surface area (Å²) in [6, 6.07) is 12.9. The number of benzene rings is 2. The topological polar surface area (TPSA) is 125 Å². The zero-order chi connectivity index (χ0) is 20.5. The molecule has 2 amide bonds. The highest BCUT2D eigenvalue weighted by atomic mass is 32.2. The van der Waals surface area contributed by atoms with E-state index in [9.17, 15) is 19.7 Å². The van der Waals surface area contributed by atoms with Crippen LogP contribution in [0.15, 0.2) is 48.5 Å². The van der Waals surface area contributed by atoms with Crippen LogP contribution in [0, 0.1) is 21.4 Å². The first-order valence-corrected chi connectivity index (χ1v) is 9.69. The number of anilines is 1. The summed E-state index contributed by atoms with van der Waals surface area (Å²) in [6.45, 7) is 0. The number of amides is 2. The van der Waals surface area contributed by atoms with E-state index in [2.05, 4.69) is 10.6 Å². The molecule has 2 N–H and O–H groups in total. The van der Waals surface area contributed by atoms with Crippen molar-refractivity contribution in [1.29, 1.82) is 5.26 Å². The molecule has 0 aliphatic carbocycles. The molecule has 1 atom stereocenters. The minimum absolute atomic E-state index is 0.0997. The van der Waals surface area contributed by atoms with E-state index in [1.807, 2.05) is 12.3 Å². The van der Waals surface area contributed by atoms with Crippen molar-refractivity contribution in [2.75, 3.05) is 17.3 Å². The molecular formula is C19H18N4O4S. The van der Waals surface area contributed by atoms with Crippen molar-refractivity contribution in [2.45, 2.75) is 12.5 Å². The number of rotatable bonds is 8. The Bertz CT molecular complexity index is 926. The summed E-state index contributed by atoms with van der Waals surface area (Å²) in [5.74, 6) is -0.371. The number of nitriles is 1. The minimum atomic E-state index is -0.829. The van der Waals surface area contributed by atoms with Gasteiger partial charge in [-0.2, -0.15) is 17.0 Å². The molecule has 8 nitrogen and oxygen atoms in total. The molecule has 0 saturated carbocycles. The summed E-state index contributed by atoms with van der Waals surface area (Å²) in [6.07, 6.45) is 2.26. The molecule has 0 aliphatic rings. The van der Waals surface area contributed by atoms with Crippen LogP contribution < -0.4 is 10.6 Å². The van der Waals surface area contributed by atoms with Crippen LogP contribution in [0.1, 0.15) is 22.3 Å². The molecule has 0 aliphatic heterocycles. The molecule has 0 heterocycles. The number of nitro benzene ring substituents is 1. The fourth-order valence-corrected chi connectivity index (χ4v) is 2.87. The number of hydrogen-bond donors (Lipinski definition) is 2. The molecule has 0 aromatic heterocycles. The quantitative estimate of drug-likeness (QED) is 0.520. The summed E-state index contributed by atoms with van der Waals surface area (Å²) in [4.78, 5) is 35.4. The molecule has 2 aromatic carbocycles. The van der Waals surface area contributed by atoms with Crippen LogP contribution in [-0.4, -0.2) is 34.8 Å². The van der Waals surface area contributed by atoms with Gasteiger partial charge in [-0.25, -0.2) is 0 Å². The average molecular weight is 398 g/mol. The zero-order valence-electron chi connectivity index (χ0n) is 15.0. The van der Waals surface area contributed by atoms with E-state index in [1.165, 1.54) is 36.0 Å². The van der Waals surface area contributed by atoms with E-state index in [0.29, 0.717) is 23.4 Å². The van der Waals surface area contributed by atoms with Crippen molar-refractivity contribution < 1.29 is 14.5 Å². The largest absolute Gasteiger partial charge is 0.340 e. The number of non-ortho nitro benzene ring substituents is 1. The fraction of sp³-hybridized carbons (Fsp3) is 0.211. The van der Waals surface area contributed by atoms with Crippen molar-refractivity contribution in [1.82, 2.24) is 5.32 Å². The molecule has 0 fully saturated rings. The number of nitrogens with one attached hydrogen (secondary N) is 2. The van der Waals surface area contributed by atoms with Crippen molar-refractivity contribution >= 4 is 35.0 Å². The molecule has 144 valence electrons. The predicted octanol–water partition coefficient (Wildman–Crippen LogP) is 2.96. The second-order valence-corrected chi connectivity index (χ2v) is 6.78. The highest BCUT2D eigenvalue weighted by molar-refractivity contribution is 7.98. The molecule has 2 aromatic rings. The SMILES string of the molecule is CSCC[C@@H](NC(=O)c1cccc([N+](=O)[O-])c1)C(=O)Nc1cccc(C#N)c1. The summed E-state index contributed by atoms with van der Waals surface area (Å²) >= 11 is 1.53. The van der Waals surface area contributed by atoms with Gasteiger partial charge in [0, 0.05) is 23.4 Å². The van der Waals surface area contributed by atoms with Gasteiger partial charge in [-0.3, -0.25) is 19.7 Å². The lowest BCUT2D eigenvalue weighted by atomic mass is 10.1. The van der Waals surface area contributed by atoms with E-state index in [0.717, 1.165) is 6.07 Å². The van der Waals surface area contributed by atoms with Crippen molar-refractivity contribution in [3.63, 3.8) is 0 Å². The molecule has 2 rings (SSSR count). The van der Waals surface area contributed by atoms with Gasteiger partial charge in [-0.15, -0.1) is 0 Å². The second-order valence-electron chi connectivity index (χ2n) is 5.80. The van der Waals surface area contributed by atoms with Gasteiger partial charge in [0.25, 0.3) is 11.6 Å². The van der Waals surface area contributed by atoms with Crippen molar-refractivity contribution in [3.05, 3.63) is 69.8 Å². The first-order chi connectivity index (χ1) is 13.4. The third-order valence-electron chi connectivity index (χ3n) is 3.81. The van der Waals surface area contributed by atoms with E-state index in [4.69, 9.17) is 5.26 Å². The molecule has 9 heteroatoms. The highest BCUT2D eigenvalue weighted by Gasteiger charge is 2.22. The Morgan fingerprint density at radius 3 is 2.68 bits per heavy atom. The van der Waals surface area contributed by atoms with Gasteiger partial charge < -0.3 is 10.6 Å². The first kappa shape index (κ1) is 20.9. The standard InChI is InChI=1S/C19H18N4O4S/c1-28-9-8-17(19(25)21-15-6-2-4-13(10-15)12-20)22-18(24)14-5-3-7-16(11-14)23(26)27/h2-7,10-11,17H,8-9H2,1H3,(H,21,25)(H,22,24)/t17-/m1/s1. The molecule has 0 saturated heterocycles. The van der Waals surface area contributed by atoms with Crippen LogP contribution in [0.4, 0.5) is 11.4 Å². The van der Waals surface area contributed by atoms with Gasteiger partial charge in [-0.05, 0) is 42.7 Å². The fourth-order valence-electron chi connectivity index (χ4n) is 2.40. The number of carbonyl (C=O) groups excluding carboxylic acids is 2. The molecule has 28 heavy (non-hydrogen) atoms. The van der Waals surface area contributed by atoms with Gasteiger partial charge in [0.15, 0.2) is 0 Å². The zero-order valence-corrected chi connectivity index (χ0v) is 15.9. The maximum Gasteiger partial charge on any atom is 0.270 e.